The van der Waals surface area contributed by atoms with Crippen LogP contribution in [-0.2, 0) is 4.74 Å². The van der Waals surface area contributed by atoms with Crippen molar-refractivity contribution in [1.82, 2.24) is 30.2 Å². The van der Waals surface area contributed by atoms with E-state index in [4.69, 9.17) is 10.1 Å². The molecule has 1 aliphatic rings. The molecule has 0 unspecified atom stereocenters. The summed E-state index contributed by atoms with van der Waals surface area (Å²) >= 11 is 0. The van der Waals surface area contributed by atoms with Gasteiger partial charge in [-0.15, -0.1) is 0 Å². The molecule has 3 heterocycles. The molecule has 0 radical (unpaired) electrons. The van der Waals surface area contributed by atoms with Gasteiger partial charge in [0.2, 0.25) is 5.95 Å². The predicted molar refractivity (Wildman–Crippen MR) is 146 cm³/mol. The molecular weight excluding hydrogens is 505 g/mol. The second-order valence-electron chi connectivity index (χ2n) is 10.00. The number of nitrogens with one attached hydrogen (secondary N) is 4. The van der Waals surface area contributed by atoms with Crippen LogP contribution in [0.4, 0.5) is 21.8 Å². The van der Waals surface area contributed by atoms with Crippen molar-refractivity contribution in [3.8, 4) is 0 Å². The lowest BCUT2D eigenvalue weighted by Crippen LogP contribution is -2.39. The van der Waals surface area contributed by atoms with E-state index in [2.05, 4.69) is 40.8 Å². The molecule has 1 aliphatic heterocycles. The first-order valence-corrected chi connectivity index (χ1v) is 12.5. The van der Waals surface area contributed by atoms with E-state index in [1.807, 2.05) is 0 Å². The Morgan fingerprint density at radius 1 is 1.23 bits per heavy atom. The molecule has 1 amide bonds. The summed E-state index contributed by atoms with van der Waals surface area (Å²) in [4.78, 5) is 32.2. The van der Waals surface area contributed by atoms with Gasteiger partial charge in [-0.05, 0) is 18.2 Å². The summed E-state index contributed by atoms with van der Waals surface area (Å²) in [6.07, 6.45) is 4.03. The van der Waals surface area contributed by atoms with Gasteiger partial charge in [-0.1, -0.05) is 20.8 Å². The number of hydrogen-bond acceptors (Lipinski definition) is 11. The van der Waals surface area contributed by atoms with Crippen LogP contribution in [0.15, 0.2) is 42.6 Å². The van der Waals surface area contributed by atoms with Gasteiger partial charge in [-0.2, -0.15) is 0 Å². The number of aliphatic hydroxyl groups excluding tert-OH is 1. The lowest BCUT2D eigenvalue weighted by atomic mass is 9.93. The largest absolute Gasteiger partial charge is 0.512 e. The van der Waals surface area contributed by atoms with E-state index >= 15 is 0 Å². The molecule has 1 fully saturated rings. The number of hydrogen-bond donors (Lipinski definition) is 5. The number of halogens is 1. The molecule has 13 heteroatoms. The van der Waals surface area contributed by atoms with E-state index in [0.29, 0.717) is 23.5 Å². The number of morpholine rings is 1. The molecule has 3 aromatic rings. The number of aliphatic hydroxyl groups is 1. The summed E-state index contributed by atoms with van der Waals surface area (Å²) in [6.45, 7) is 9.96. The van der Waals surface area contributed by atoms with Crippen LogP contribution in [0.25, 0.3) is 11.0 Å². The van der Waals surface area contributed by atoms with Gasteiger partial charge in [-0.25, -0.2) is 24.3 Å². The third-order valence-electron chi connectivity index (χ3n) is 5.97. The third kappa shape index (κ3) is 7.42. The minimum atomic E-state index is -0.636. The number of rotatable bonds is 8. The van der Waals surface area contributed by atoms with Crippen LogP contribution in [0.5, 0.6) is 0 Å². The van der Waals surface area contributed by atoms with E-state index in [1.54, 1.807) is 27.0 Å². The second kappa shape index (κ2) is 12.1. The number of anilines is 3. The number of fused-ring (bicyclic) bond motifs is 1. The number of ether oxygens (including phenoxy) is 1. The maximum atomic E-state index is 14.7. The quantitative estimate of drug-likeness (QED) is 0.164. The number of amidine groups is 1. The second-order valence-corrected chi connectivity index (χ2v) is 10.00. The fraction of sp³-hybridized carbons (Fsp3) is 0.385. The SMILES string of the molecule is CC(C)(C)/C(O)=C/C(=N)NC(=O)c1ccc(F)c(Nc2ncnc3cnc(NCCN4CCOCC4)nc23)c1. The van der Waals surface area contributed by atoms with Gasteiger partial charge in [0, 0.05) is 43.2 Å². The van der Waals surface area contributed by atoms with E-state index in [0.717, 1.165) is 38.9 Å². The van der Waals surface area contributed by atoms with E-state index in [9.17, 15) is 14.3 Å². The van der Waals surface area contributed by atoms with Crippen molar-refractivity contribution in [2.45, 2.75) is 20.8 Å². The number of carbonyl (C=O) groups is 1. The van der Waals surface area contributed by atoms with Crippen molar-refractivity contribution in [2.75, 3.05) is 50.0 Å². The van der Waals surface area contributed by atoms with Gasteiger partial charge < -0.3 is 25.8 Å². The van der Waals surface area contributed by atoms with Crippen molar-refractivity contribution in [3.63, 3.8) is 0 Å². The van der Waals surface area contributed by atoms with Crippen LogP contribution in [-0.4, -0.2) is 81.1 Å². The van der Waals surface area contributed by atoms with Gasteiger partial charge in [0.25, 0.3) is 5.91 Å². The minimum Gasteiger partial charge on any atom is -0.512 e. The van der Waals surface area contributed by atoms with Gasteiger partial charge >= 0.3 is 0 Å². The first-order valence-electron chi connectivity index (χ1n) is 12.5. The highest BCUT2D eigenvalue weighted by Crippen LogP contribution is 2.25. The van der Waals surface area contributed by atoms with Crippen LogP contribution in [0.1, 0.15) is 31.1 Å². The molecule has 2 aromatic heterocycles. The van der Waals surface area contributed by atoms with E-state index in [-0.39, 0.29) is 28.7 Å². The number of nitrogens with zero attached hydrogens (tertiary/aromatic N) is 5. The minimum absolute atomic E-state index is 0.0114. The average molecular weight is 538 g/mol. The topological polar surface area (TPSA) is 161 Å². The molecule has 1 aromatic carbocycles. The molecule has 0 aliphatic carbocycles. The van der Waals surface area contributed by atoms with E-state index < -0.39 is 17.1 Å². The van der Waals surface area contributed by atoms with Crippen molar-refractivity contribution < 1.29 is 19.0 Å². The lowest BCUT2D eigenvalue weighted by molar-refractivity contribution is 0.0398. The van der Waals surface area contributed by atoms with Crippen molar-refractivity contribution in [2.24, 2.45) is 5.41 Å². The summed E-state index contributed by atoms with van der Waals surface area (Å²) in [6, 6.07) is 3.75. The van der Waals surface area contributed by atoms with Gasteiger partial charge in [0.15, 0.2) is 5.82 Å². The van der Waals surface area contributed by atoms with Gasteiger partial charge in [0.1, 0.15) is 34.8 Å². The molecule has 0 atom stereocenters. The molecule has 39 heavy (non-hydrogen) atoms. The maximum absolute atomic E-state index is 14.7. The molecule has 206 valence electrons. The highest BCUT2D eigenvalue weighted by Gasteiger charge is 2.18. The smallest absolute Gasteiger partial charge is 0.256 e. The van der Waals surface area contributed by atoms with Crippen LogP contribution in [0, 0.1) is 16.6 Å². The molecule has 1 saturated heterocycles. The third-order valence-corrected chi connectivity index (χ3v) is 5.97. The van der Waals surface area contributed by atoms with Crippen molar-refractivity contribution in [3.05, 3.63) is 53.9 Å². The Labute approximate surface area is 225 Å². The van der Waals surface area contributed by atoms with Crippen LogP contribution >= 0.6 is 0 Å². The summed E-state index contributed by atoms with van der Waals surface area (Å²) < 4.78 is 20.1. The zero-order valence-corrected chi connectivity index (χ0v) is 22.1. The van der Waals surface area contributed by atoms with Gasteiger partial charge in [0.05, 0.1) is 25.1 Å². The highest BCUT2D eigenvalue weighted by atomic mass is 19.1. The lowest BCUT2D eigenvalue weighted by Gasteiger charge is -2.26. The Balaban J connectivity index is 1.48. The zero-order chi connectivity index (χ0) is 28.0. The number of allylic oxidation sites excluding steroid dienone is 1. The first kappa shape index (κ1) is 27.8. The van der Waals surface area contributed by atoms with Gasteiger partial charge in [-0.3, -0.25) is 15.1 Å². The van der Waals surface area contributed by atoms with Crippen LogP contribution < -0.4 is 16.0 Å². The number of amides is 1. The zero-order valence-electron chi connectivity index (χ0n) is 22.1. The molecule has 0 saturated carbocycles. The fourth-order valence-corrected chi connectivity index (χ4v) is 3.66. The molecule has 0 bridgehead atoms. The van der Waals surface area contributed by atoms with Crippen LogP contribution in [0.2, 0.25) is 0 Å². The monoisotopic (exact) mass is 537 g/mol. The summed E-state index contributed by atoms with van der Waals surface area (Å²) in [5.41, 5.74) is 0.347. The van der Waals surface area contributed by atoms with Crippen molar-refractivity contribution >= 4 is 40.2 Å². The Bertz CT molecular complexity index is 1380. The predicted octanol–water partition coefficient (Wildman–Crippen LogP) is 3.24. The number of benzene rings is 1. The highest BCUT2D eigenvalue weighted by molar-refractivity contribution is 6.09. The Hall–Kier alpha value is -4.23. The van der Waals surface area contributed by atoms with E-state index in [1.165, 1.54) is 24.5 Å². The number of aromatic nitrogens is 4. The molecule has 0 spiro atoms. The summed E-state index contributed by atoms with van der Waals surface area (Å²) in [5.74, 6) is -0.979. The molecule has 12 nitrogen and oxygen atoms in total. The normalized spacial score (nSPS) is 14.7. The molecular formula is C26H32FN9O3. The van der Waals surface area contributed by atoms with Crippen LogP contribution in [0.3, 0.4) is 0 Å². The summed E-state index contributed by atoms with van der Waals surface area (Å²) in [5, 5.41) is 26.5. The first-order chi connectivity index (χ1) is 18.6. The van der Waals surface area contributed by atoms with Crippen molar-refractivity contribution in [1.29, 1.82) is 5.41 Å². The Morgan fingerprint density at radius 3 is 2.74 bits per heavy atom. The molecule has 5 N–H and O–H groups in total. The number of carbonyl (C=O) groups excluding carboxylic acids is 1. The average Bonchev–Trinajstić information content (AvgIpc) is 2.90. The fourth-order valence-electron chi connectivity index (χ4n) is 3.66. The molecule has 4 rings (SSSR count). The maximum Gasteiger partial charge on any atom is 0.256 e. The summed E-state index contributed by atoms with van der Waals surface area (Å²) in [7, 11) is 0. The standard InChI is InChI=1S/C26H32FN9O3/c1-26(2,3)20(37)13-21(28)34-24(38)16-4-5-17(27)18(12-16)33-23-22-19(31-15-32-23)14-30-25(35-22)29-6-7-36-8-10-39-11-9-36/h4-5,12-15,37H,6-11H2,1-3H3,(H2,28,34,38)(H,29,30,35)(H,31,32,33)/b20-13-. The Morgan fingerprint density at radius 2 is 2.00 bits per heavy atom. The Kier molecular flexibility index (Phi) is 8.62.